The number of para-hydroxylation sites is 1. The molecule has 1 heterocycles. The largest absolute Gasteiger partial charge is 0.275 e. The zero-order valence-electron chi connectivity index (χ0n) is 29.1. The van der Waals surface area contributed by atoms with Gasteiger partial charge in [-0.1, -0.05) is 166 Å². The maximum Gasteiger partial charge on any atom is 0.168 e. The lowest BCUT2D eigenvalue weighted by Gasteiger charge is -2.24. The molecule has 1 aliphatic carbocycles. The third-order valence-electron chi connectivity index (χ3n) is 10.9. The van der Waals surface area contributed by atoms with Crippen LogP contribution in [-0.2, 0) is 5.41 Å². The van der Waals surface area contributed by atoms with Gasteiger partial charge in [-0.25, -0.2) is 0 Å². The van der Waals surface area contributed by atoms with E-state index in [4.69, 9.17) is 10.2 Å². The molecule has 0 spiro atoms. The molecule has 0 N–H and O–H groups in total. The van der Waals surface area contributed by atoms with Crippen molar-refractivity contribution in [1.82, 2.24) is 14.8 Å². The first-order valence-electron chi connectivity index (χ1n) is 17.9. The summed E-state index contributed by atoms with van der Waals surface area (Å²) in [6.07, 6.45) is 0. The standard InChI is InChI=1S/C49H35N3/c1-49(2)43-25-15-14-22-37(43)40-30-41-42(31-44(40)49)45(32-16-6-3-7-17-32)38-23-12-13-24-39(38)46(41)33-26-28-35(29-27-33)48-51-50-47(34-18-8-4-9-19-34)52(48)36-20-10-5-11-21-36/h3-31H,1-2H3. The lowest BCUT2D eigenvalue weighted by Crippen LogP contribution is -2.14. The fourth-order valence-corrected chi connectivity index (χ4v) is 8.45. The first-order valence-corrected chi connectivity index (χ1v) is 17.9. The normalized spacial score (nSPS) is 13.0. The molecule has 0 bridgehead atoms. The Hall–Kier alpha value is -6.58. The van der Waals surface area contributed by atoms with E-state index in [9.17, 15) is 0 Å². The van der Waals surface area contributed by atoms with Crippen molar-refractivity contribution >= 4 is 21.5 Å². The molecule has 8 aromatic carbocycles. The molecule has 0 saturated carbocycles. The number of hydrogen-bond donors (Lipinski definition) is 0. The van der Waals surface area contributed by atoms with Gasteiger partial charge in [0.15, 0.2) is 11.6 Å². The smallest absolute Gasteiger partial charge is 0.168 e. The van der Waals surface area contributed by atoms with Crippen LogP contribution >= 0.6 is 0 Å². The van der Waals surface area contributed by atoms with E-state index in [0.717, 1.165) is 28.5 Å². The number of benzene rings is 8. The van der Waals surface area contributed by atoms with Crippen LogP contribution in [0.25, 0.3) is 83.4 Å². The summed E-state index contributed by atoms with van der Waals surface area (Å²) in [7, 11) is 0. The minimum atomic E-state index is -0.102. The molecule has 10 rings (SSSR count). The molecule has 3 heteroatoms. The molecule has 0 fully saturated rings. The van der Waals surface area contributed by atoms with Crippen molar-refractivity contribution in [3.05, 3.63) is 187 Å². The van der Waals surface area contributed by atoms with Gasteiger partial charge in [0.2, 0.25) is 0 Å². The molecule has 3 nitrogen and oxygen atoms in total. The van der Waals surface area contributed by atoms with E-state index in [2.05, 4.69) is 170 Å². The highest BCUT2D eigenvalue weighted by Crippen LogP contribution is 2.53. The Labute approximate surface area is 303 Å². The molecule has 1 aromatic heterocycles. The van der Waals surface area contributed by atoms with Crippen LogP contribution in [0, 0.1) is 0 Å². The van der Waals surface area contributed by atoms with Crippen molar-refractivity contribution in [3.8, 4) is 61.8 Å². The van der Waals surface area contributed by atoms with Crippen molar-refractivity contribution in [2.24, 2.45) is 0 Å². The predicted octanol–water partition coefficient (Wildman–Crippen LogP) is 12.5. The second kappa shape index (κ2) is 11.8. The summed E-state index contributed by atoms with van der Waals surface area (Å²) in [5, 5.41) is 14.5. The van der Waals surface area contributed by atoms with Crippen molar-refractivity contribution < 1.29 is 0 Å². The minimum Gasteiger partial charge on any atom is -0.275 e. The number of hydrogen-bond acceptors (Lipinski definition) is 2. The highest BCUT2D eigenvalue weighted by molar-refractivity contribution is 6.22. The molecule has 246 valence electrons. The molecule has 9 aromatic rings. The van der Waals surface area contributed by atoms with Crippen LogP contribution in [0.5, 0.6) is 0 Å². The van der Waals surface area contributed by atoms with Crippen molar-refractivity contribution in [2.75, 3.05) is 0 Å². The van der Waals surface area contributed by atoms with Crippen LogP contribution in [-0.4, -0.2) is 14.8 Å². The van der Waals surface area contributed by atoms with E-state index in [0.29, 0.717) is 0 Å². The average molecular weight is 666 g/mol. The van der Waals surface area contributed by atoms with Crippen LogP contribution in [0.4, 0.5) is 0 Å². The number of nitrogens with zero attached hydrogens (tertiary/aromatic N) is 3. The van der Waals surface area contributed by atoms with Gasteiger partial charge >= 0.3 is 0 Å². The van der Waals surface area contributed by atoms with E-state index in [1.54, 1.807) is 0 Å². The Kier molecular flexibility index (Phi) is 6.84. The van der Waals surface area contributed by atoms with Crippen molar-refractivity contribution in [2.45, 2.75) is 19.3 Å². The number of rotatable bonds is 5. The van der Waals surface area contributed by atoms with Crippen LogP contribution in [0.1, 0.15) is 25.0 Å². The van der Waals surface area contributed by atoms with Gasteiger partial charge in [-0.05, 0) is 90.3 Å². The Morgan fingerprint density at radius 3 is 1.48 bits per heavy atom. The third-order valence-corrected chi connectivity index (χ3v) is 10.9. The molecule has 0 atom stereocenters. The summed E-state index contributed by atoms with van der Waals surface area (Å²) in [4.78, 5) is 0. The summed E-state index contributed by atoms with van der Waals surface area (Å²) in [6, 6.07) is 63.2. The van der Waals surface area contributed by atoms with E-state index in [1.807, 2.05) is 24.3 Å². The lowest BCUT2D eigenvalue weighted by atomic mass is 9.79. The van der Waals surface area contributed by atoms with E-state index in [1.165, 1.54) is 66.1 Å². The van der Waals surface area contributed by atoms with E-state index in [-0.39, 0.29) is 5.41 Å². The second-order valence-electron chi connectivity index (χ2n) is 14.2. The van der Waals surface area contributed by atoms with Gasteiger partial charge in [0, 0.05) is 22.2 Å². The van der Waals surface area contributed by atoms with Gasteiger partial charge in [-0.15, -0.1) is 10.2 Å². The molecule has 52 heavy (non-hydrogen) atoms. The van der Waals surface area contributed by atoms with Gasteiger partial charge in [0.05, 0.1) is 0 Å². The summed E-state index contributed by atoms with van der Waals surface area (Å²) >= 11 is 0. The monoisotopic (exact) mass is 665 g/mol. The predicted molar refractivity (Wildman–Crippen MR) is 216 cm³/mol. The first-order chi connectivity index (χ1) is 25.6. The lowest BCUT2D eigenvalue weighted by molar-refractivity contribution is 0.661. The van der Waals surface area contributed by atoms with Gasteiger partial charge in [-0.2, -0.15) is 0 Å². The zero-order valence-corrected chi connectivity index (χ0v) is 29.1. The fourth-order valence-electron chi connectivity index (χ4n) is 8.45. The minimum absolute atomic E-state index is 0.102. The van der Waals surface area contributed by atoms with Gasteiger partial charge in [0.1, 0.15) is 0 Å². The number of aromatic nitrogens is 3. The van der Waals surface area contributed by atoms with E-state index < -0.39 is 0 Å². The fraction of sp³-hybridized carbons (Fsp3) is 0.0612. The van der Waals surface area contributed by atoms with E-state index >= 15 is 0 Å². The Morgan fingerprint density at radius 1 is 0.385 bits per heavy atom. The summed E-state index contributed by atoms with van der Waals surface area (Å²) in [6.45, 7) is 4.73. The van der Waals surface area contributed by atoms with Crippen LogP contribution in [0.3, 0.4) is 0 Å². The third kappa shape index (κ3) is 4.59. The van der Waals surface area contributed by atoms with Crippen LogP contribution in [0.15, 0.2) is 176 Å². The molecule has 0 radical (unpaired) electrons. The zero-order chi connectivity index (χ0) is 34.8. The van der Waals surface area contributed by atoms with Crippen molar-refractivity contribution in [1.29, 1.82) is 0 Å². The molecular weight excluding hydrogens is 631 g/mol. The Morgan fingerprint density at radius 2 is 0.846 bits per heavy atom. The molecule has 1 aliphatic rings. The van der Waals surface area contributed by atoms with Crippen molar-refractivity contribution in [3.63, 3.8) is 0 Å². The molecule has 0 saturated heterocycles. The summed E-state index contributed by atoms with van der Waals surface area (Å²) in [5.41, 5.74) is 13.3. The van der Waals surface area contributed by atoms with Crippen LogP contribution < -0.4 is 0 Å². The highest BCUT2D eigenvalue weighted by atomic mass is 15.3. The van der Waals surface area contributed by atoms with Gasteiger partial charge in [-0.3, -0.25) is 4.57 Å². The average Bonchev–Trinajstić information content (AvgIpc) is 3.74. The maximum atomic E-state index is 4.77. The molecule has 0 aliphatic heterocycles. The quantitative estimate of drug-likeness (QED) is 0.171. The van der Waals surface area contributed by atoms with Gasteiger partial charge in [0.25, 0.3) is 0 Å². The number of fused-ring (bicyclic) bond motifs is 5. The second-order valence-corrected chi connectivity index (χ2v) is 14.2. The Balaban J connectivity index is 1.22. The topological polar surface area (TPSA) is 30.7 Å². The molecule has 0 amide bonds. The SMILES string of the molecule is CC1(C)c2ccccc2-c2cc3c(-c4ccc(-c5nnc(-c6ccccc6)n5-c5ccccc5)cc4)c4ccccc4c(-c4ccccc4)c3cc21. The Bertz CT molecular complexity index is 2780. The first kappa shape index (κ1) is 30.3. The maximum absolute atomic E-state index is 4.77. The summed E-state index contributed by atoms with van der Waals surface area (Å²) < 4.78 is 2.16. The molecular formula is C49H35N3. The van der Waals surface area contributed by atoms with Gasteiger partial charge < -0.3 is 0 Å². The highest BCUT2D eigenvalue weighted by Gasteiger charge is 2.36. The van der Waals surface area contributed by atoms with Crippen LogP contribution in [0.2, 0.25) is 0 Å². The molecule has 0 unspecified atom stereocenters. The summed E-state index contributed by atoms with van der Waals surface area (Å²) in [5.74, 6) is 1.62.